The Bertz CT molecular complexity index is 335. The molecular weight excluding hydrogens is 200 g/mol. The van der Waals surface area contributed by atoms with E-state index in [1.807, 2.05) is 0 Å². The van der Waals surface area contributed by atoms with Crippen LogP contribution in [-0.4, -0.2) is 17.3 Å². The van der Waals surface area contributed by atoms with Gasteiger partial charge in [0.05, 0.1) is 18.8 Å². The van der Waals surface area contributed by atoms with Crippen LogP contribution in [0.3, 0.4) is 0 Å². The Labute approximate surface area is 97.3 Å². The van der Waals surface area contributed by atoms with Crippen molar-refractivity contribution in [3.05, 3.63) is 35.4 Å². The number of ether oxygens (including phenoxy) is 1. The van der Waals surface area contributed by atoms with Crippen molar-refractivity contribution in [3.63, 3.8) is 0 Å². The minimum Gasteiger partial charge on any atom is -0.393 e. The van der Waals surface area contributed by atoms with Gasteiger partial charge >= 0.3 is 0 Å². The summed E-state index contributed by atoms with van der Waals surface area (Å²) in [6.45, 7) is 2.76. The van der Waals surface area contributed by atoms with Gasteiger partial charge in [-0.05, 0) is 38.2 Å². The number of hydrogen-bond donors (Lipinski definition) is 1. The number of hydrogen-bond acceptors (Lipinski definition) is 2. The van der Waals surface area contributed by atoms with E-state index >= 15 is 0 Å². The van der Waals surface area contributed by atoms with Crippen molar-refractivity contribution in [3.8, 4) is 0 Å². The zero-order valence-electron chi connectivity index (χ0n) is 9.86. The molecule has 0 amide bonds. The summed E-state index contributed by atoms with van der Waals surface area (Å²) in [5, 5.41) is 9.54. The van der Waals surface area contributed by atoms with Crippen LogP contribution in [0.25, 0.3) is 0 Å². The van der Waals surface area contributed by atoms with Crippen LogP contribution in [0.5, 0.6) is 0 Å². The first kappa shape index (κ1) is 11.6. The van der Waals surface area contributed by atoms with Crippen molar-refractivity contribution < 1.29 is 9.84 Å². The Balaban J connectivity index is 1.82. The number of aliphatic hydroxyl groups is 1. The van der Waals surface area contributed by atoms with Crippen molar-refractivity contribution in [1.82, 2.24) is 0 Å². The zero-order chi connectivity index (χ0) is 11.4. The molecule has 1 aromatic carbocycles. The standard InChI is InChI=1S/C14H20O2/c1-11-4-2-5-12(8-11)10-16-14-7-3-6-13(15)9-14/h2,4-5,8,13-15H,3,6-7,9-10H2,1H3/t13-,14+/m1/s1. The van der Waals surface area contributed by atoms with Crippen molar-refractivity contribution in [2.75, 3.05) is 0 Å². The third-order valence-corrected chi connectivity index (χ3v) is 3.17. The number of aryl methyl sites for hydroxylation is 1. The zero-order valence-corrected chi connectivity index (χ0v) is 9.86. The summed E-state index contributed by atoms with van der Waals surface area (Å²) in [6, 6.07) is 8.39. The van der Waals surface area contributed by atoms with Gasteiger partial charge in [-0.2, -0.15) is 0 Å². The quantitative estimate of drug-likeness (QED) is 0.848. The van der Waals surface area contributed by atoms with Crippen LogP contribution in [0.4, 0.5) is 0 Å². The largest absolute Gasteiger partial charge is 0.393 e. The molecule has 0 bridgehead atoms. The normalized spacial score (nSPS) is 25.6. The summed E-state index contributed by atoms with van der Waals surface area (Å²) in [4.78, 5) is 0. The maximum atomic E-state index is 9.54. The highest BCUT2D eigenvalue weighted by molar-refractivity contribution is 5.21. The fraction of sp³-hybridized carbons (Fsp3) is 0.571. The van der Waals surface area contributed by atoms with Crippen LogP contribution < -0.4 is 0 Å². The second kappa shape index (κ2) is 5.46. The molecule has 2 heteroatoms. The molecule has 2 rings (SSSR count). The highest BCUT2D eigenvalue weighted by Crippen LogP contribution is 2.22. The molecule has 0 radical (unpaired) electrons. The Hall–Kier alpha value is -0.860. The van der Waals surface area contributed by atoms with Gasteiger partial charge in [0, 0.05) is 0 Å². The summed E-state index contributed by atoms with van der Waals surface area (Å²) < 4.78 is 5.83. The van der Waals surface area contributed by atoms with E-state index in [9.17, 15) is 5.11 Å². The lowest BCUT2D eigenvalue weighted by molar-refractivity contribution is -0.0228. The van der Waals surface area contributed by atoms with E-state index in [0.29, 0.717) is 6.61 Å². The predicted molar refractivity (Wildman–Crippen MR) is 64.2 cm³/mol. The van der Waals surface area contributed by atoms with Gasteiger partial charge in [0.2, 0.25) is 0 Å². The first-order chi connectivity index (χ1) is 7.74. The van der Waals surface area contributed by atoms with E-state index in [1.165, 1.54) is 11.1 Å². The molecule has 2 nitrogen and oxygen atoms in total. The van der Waals surface area contributed by atoms with Crippen molar-refractivity contribution in [1.29, 1.82) is 0 Å². The molecule has 16 heavy (non-hydrogen) atoms. The first-order valence-electron chi connectivity index (χ1n) is 6.09. The molecule has 0 unspecified atom stereocenters. The van der Waals surface area contributed by atoms with E-state index in [0.717, 1.165) is 25.7 Å². The summed E-state index contributed by atoms with van der Waals surface area (Å²) >= 11 is 0. The SMILES string of the molecule is Cc1cccc(CO[C@H]2CCC[C@@H](O)C2)c1. The minimum absolute atomic E-state index is 0.156. The van der Waals surface area contributed by atoms with Gasteiger partial charge in [0.1, 0.15) is 0 Å². The van der Waals surface area contributed by atoms with Gasteiger partial charge in [-0.15, -0.1) is 0 Å². The van der Waals surface area contributed by atoms with Crippen LogP contribution in [0.15, 0.2) is 24.3 Å². The van der Waals surface area contributed by atoms with Crippen molar-refractivity contribution in [2.45, 2.75) is 51.4 Å². The van der Waals surface area contributed by atoms with Crippen molar-refractivity contribution >= 4 is 0 Å². The molecule has 0 aliphatic heterocycles. The van der Waals surface area contributed by atoms with Gasteiger partial charge in [0.25, 0.3) is 0 Å². The van der Waals surface area contributed by atoms with Gasteiger partial charge in [-0.25, -0.2) is 0 Å². The van der Waals surface area contributed by atoms with E-state index in [4.69, 9.17) is 4.74 Å². The second-order valence-corrected chi connectivity index (χ2v) is 4.74. The highest BCUT2D eigenvalue weighted by Gasteiger charge is 2.20. The predicted octanol–water partition coefficient (Wildman–Crippen LogP) is 2.82. The summed E-state index contributed by atoms with van der Waals surface area (Å²) in [7, 11) is 0. The number of aliphatic hydroxyl groups excluding tert-OH is 1. The lowest BCUT2D eigenvalue weighted by atomic mass is 9.95. The number of rotatable bonds is 3. The molecule has 0 spiro atoms. The molecule has 1 aliphatic rings. The Morgan fingerprint density at radius 2 is 2.25 bits per heavy atom. The molecule has 1 N–H and O–H groups in total. The molecule has 0 heterocycles. The first-order valence-corrected chi connectivity index (χ1v) is 6.09. The van der Waals surface area contributed by atoms with E-state index < -0.39 is 0 Å². The molecule has 1 fully saturated rings. The molecule has 0 aromatic heterocycles. The van der Waals surface area contributed by atoms with Crippen LogP contribution in [0, 0.1) is 6.92 Å². The second-order valence-electron chi connectivity index (χ2n) is 4.74. The van der Waals surface area contributed by atoms with E-state index in [1.54, 1.807) is 0 Å². The fourth-order valence-electron chi connectivity index (χ4n) is 2.29. The average Bonchev–Trinajstić information content (AvgIpc) is 2.27. The monoisotopic (exact) mass is 220 g/mol. The van der Waals surface area contributed by atoms with Crippen LogP contribution in [-0.2, 0) is 11.3 Å². The summed E-state index contributed by atoms with van der Waals surface area (Å²) in [5.74, 6) is 0. The summed E-state index contributed by atoms with van der Waals surface area (Å²) in [6.07, 6.45) is 3.99. The minimum atomic E-state index is -0.156. The van der Waals surface area contributed by atoms with Crippen LogP contribution >= 0.6 is 0 Å². The third kappa shape index (κ3) is 3.32. The maximum absolute atomic E-state index is 9.54. The lowest BCUT2D eigenvalue weighted by Gasteiger charge is -2.26. The van der Waals surface area contributed by atoms with Gasteiger partial charge < -0.3 is 9.84 Å². The number of benzene rings is 1. The molecule has 0 saturated heterocycles. The molecule has 1 aliphatic carbocycles. The summed E-state index contributed by atoms with van der Waals surface area (Å²) in [5.41, 5.74) is 2.49. The lowest BCUT2D eigenvalue weighted by Crippen LogP contribution is -2.25. The topological polar surface area (TPSA) is 29.5 Å². The highest BCUT2D eigenvalue weighted by atomic mass is 16.5. The fourth-order valence-corrected chi connectivity index (χ4v) is 2.29. The van der Waals surface area contributed by atoms with Crippen molar-refractivity contribution in [2.24, 2.45) is 0 Å². The maximum Gasteiger partial charge on any atom is 0.0720 e. The Morgan fingerprint density at radius 1 is 1.38 bits per heavy atom. The Kier molecular flexibility index (Phi) is 3.97. The van der Waals surface area contributed by atoms with Crippen LogP contribution in [0.1, 0.15) is 36.8 Å². The van der Waals surface area contributed by atoms with Gasteiger partial charge in [0.15, 0.2) is 0 Å². The van der Waals surface area contributed by atoms with E-state index in [-0.39, 0.29) is 12.2 Å². The Morgan fingerprint density at radius 3 is 3.00 bits per heavy atom. The van der Waals surface area contributed by atoms with Gasteiger partial charge in [-0.1, -0.05) is 29.8 Å². The molecule has 1 saturated carbocycles. The third-order valence-electron chi connectivity index (χ3n) is 3.17. The molecule has 88 valence electrons. The van der Waals surface area contributed by atoms with Crippen LogP contribution in [0.2, 0.25) is 0 Å². The smallest absolute Gasteiger partial charge is 0.0720 e. The van der Waals surface area contributed by atoms with E-state index in [2.05, 4.69) is 31.2 Å². The molecular formula is C14H20O2. The molecule has 2 atom stereocenters. The van der Waals surface area contributed by atoms with Gasteiger partial charge in [-0.3, -0.25) is 0 Å². The average molecular weight is 220 g/mol. The molecule has 1 aromatic rings.